The highest BCUT2D eigenvalue weighted by Crippen LogP contribution is 2.16. The predicted octanol–water partition coefficient (Wildman–Crippen LogP) is 2.06. The third kappa shape index (κ3) is 7.78. The number of anilines is 1. The van der Waals surface area contributed by atoms with E-state index < -0.39 is 12.0 Å². The van der Waals surface area contributed by atoms with E-state index in [0.29, 0.717) is 30.6 Å². The number of nitrogen functional groups attached to an aromatic ring is 1. The maximum absolute atomic E-state index is 12.2. The molecule has 0 amide bonds. The normalized spacial score (nSPS) is 13.3. The molecule has 10 nitrogen and oxygen atoms in total. The molecule has 0 radical (unpaired) electrons. The molecule has 0 saturated heterocycles. The van der Waals surface area contributed by atoms with Crippen molar-refractivity contribution in [3.8, 4) is 0 Å². The van der Waals surface area contributed by atoms with Gasteiger partial charge < -0.3 is 25.5 Å². The van der Waals surface area contributed by atoms with Gasteiger partial charge in [0.2, 0.25) is 5.95 Å². The zero-order chi connectivity index (χ0) is 22.8. The van der Waals surface area contributed by atoms with Crippen molar-refractivity contribution in [2.45, 2.75) is 65.5 Å². The average molecular weight is 435 g/mol. The first kappa shape index (κ1) is 24.5. The molecule has 0 spiro atoms. The van der Waals surface area contributed by atoms with Gasteiger partial charge in [-0.1, -0.05) is 33.6 Å². The molecule has 31 heavy (non-hydrogen) atoms. The summed E-state index contributed by atoms with van der Waals surface area (Å²) in [6.07, 6.45) is 7.01. The number of carbonyl (C=O) groups is 2. The van der Waals surface area contributed by atoms with Gasteiger partial charge in [0.15, 0.2) is 5.65 Å². The first-order valence-corrected chi connectivity index (χ1v) is 10.8. The number of carbonyl (C=O) groups excluding carboxylic acids is 2. The largest absolute Gasteiger partial charge is 0.466 e. The lowest BCUT2D eigenvalue weighted by Gasteiger charge is -2.20. The second-order valence-electron chi connectivity index (χ2n) is 8.07. The Labute approximate surface area is 182 Å². The Morgan fingerprint density at radius 2 is 1.97 bits per heavy atom. The first-order valence-electron chi connectivity index (χ1n) is 10.8. The van der Waals surface area contributed by atoms with Gasteiger partial charge in [0.05, 0.1) is 25.7 Å². The summed E-state index contributed by atoms with van der Waals surface area (Å²) in [7, 11) is 0. The summed E-state index contributed by atoms with van der Waals surface area (Å²) in [6.45, 7) is 6.66. The summed E-state index contributed by atoms with van der Waals surface area (Å²) in [5.74, 6) is -0.646. The molecule has 2 heterocycles. The molecule has 0 aliphatic heterocycles. The Hall–Kier alpha value is -2.75. The van der Waals surface area contributed by atoms with Crippen LogP contribution >= 0.6 is 0 Å². The number of imidazole rings is 1. The monoisotopic (exact) mass is 434 g/mol. The molecule has 0 aliphatic carbocycles. The van der Waals surface area contributed by atoms with Crippen molar-refractivity contribution < 1.29 is 19.1 Å². The molecular formula is C21H34N6O4. The van der Waals surface area contributed by atoms with E-state index in [-0.39, 0.29) is 37.0 Å². The fraction of sp³-hybridized carbons (Fsp3) is 0.667. The standard InChI is InChI=1S/C21H34N6O4/c1-4-5-6-7-17(28)30-9-8-15(12-31-20(29)18(22)14(2)3)11-27-13-25-16-10-24-21(23)26-19(16)27/h10,13-15,18H,4-9,11-12,22H2,1-3H3,(H2,23,24,26)/t15-,18+/m1/s1. The highest BCUT2D eigenvalue weighted by Gasteiger charge is 2.22. The van der Waals surface area contributed by atoms with Crippen LogP contribution in [0.2, 0.25) is 0 Å². The summed E-state index contributed by atoms with van der Waals surface area (Å²) in [5, 5.41) is 0. The topological polar surface area (TPSA) is 148 Å². The van der Waals surface area contributed by atoms with Crippen molar-refractivity contribution in [2.75, 3.05) is 18.9 Å². The van der Waals surface area contributed by atoms with Crippen LogP contribution in [0, 0.1) is 11.8 Å². The molecule has 2 rings (SSSR count). The SMILES string of the molecule is CCCCCC(=O)OCC[C@@H](COC(=O)[C@@H](N)C(C)C)Cn1cnc2cnc(N)nc21. The minimum atomic E-state index is -0.682. The van der Waals surface area contributed by atoms with Crippen molar-refractivity contribution in [3.63, 3.8) is 0 Å². The Bertz CT molecular complexity index is 854. The predicted molar refractivity (Wildman–Crippen MR) is 117 cm³/mol. The van der Waals surface area contributed by atoms with Crippen LogP contribution in [0.5, 0.6) is 0 Å². The molecule has 0 aromatic carbocycles. The summed E-state index contributed by atoms with van der Waals surface area (Å²) < 4.78 is 12.6. The van der Waals surface area contributed by atoms with Crippen LogP contribution in [-0.4, -0.2) is 50.7 Å². The molecule has 0 saturated carbocycles. The summed E-state index contributed by atoms with van der Waals surface area (Å²) in [4.78, 5) is 36.5. The minimum Gasteiger partial charge on any atom is -0.466 e. The van der Waals surface area contributed by atoms with Crippen molar-refractivity contribution in [1.29, 1.82) is 0 Å². The van der Waals surface area contributed by atoms with E-state index in [1.807, 2.05) is 18.4 Å². The number of nitrogens with two attached hydrogens (primary N) is 2. The lowest BCUT2D eigenvalue weighted by atomic mass is 10.1. The van der Waals surface area contributed by atoms with E-state index >= 15 is 0 Å². The molecule has 0 fully saturated rings. The summed E-state index contributed by atoms with van der Waals surface area (Å²) in [5.41, 5.74) is 12.8. The Balaban J connectivity index is 2.00. The number of ether oxygens (including phenoxy) is 2. The maximum Gasteiger partial charge on any atom is 0.323 e. The number of rotatable bonds is 13. The van der Waals surface area contributed by atoms with E-state index in [0.717, 1.165) is 19.3 Å². The lowest BCUT2D eigenvalue weighted by Crippen LogP contribution is -2.38. The van der Waals surface area contributed by atoms with E-state index in [9.17, 15) is 9.59 Å². The van der Waals surface area contributed by atoms with Crippen LogP contribution in [0.3, 0.4) is 0 Å². The van der Waals surface area contributed by atoms with E-state index in [1.165, 1.54) is 0 Å². The van der Waals surface area contributed by atoms with Crippen molar-refractivity contribution in [2.24, 2.45) is 17.6 Å². The number of esters is 2. The zero-order valence-electron chi connectivity index (χ0n) is 18.6. The van der Waals surface area contributed by atoms with Gasteiger partial charge in [-0.25, -0.2) is 9.97 Å². The molecule has 172 valence electrons. The molecule has 2 atom stereocenters. The molecule has 0 aliphatic rings. The average Bonchev–Trinajstić information content (AvgIpc) is 3.12. The van der Waals surface area contributed by atoms with Crippen LogP contribution in [0.15, 0.2) is 12.5 Å². The minimum absolute atomic E-state index is 0.0210. The summed E-state index contributed by atoms with van der Waals surface area (Å²) in [6, 6.07) is -0.682. The lowest BCUT2D eigenvalue weighted by molar-refractivity contribution is -0.149. The molecule has 0 unspecified atom stereocenters. The van der Waals surface area contributed by atoms with Gasteiger partial charge in [-0.3, -0.25) is 9.59 Å². The molecule has 10 heteroatoms. The molecule has 0 bridgehead atoms. The van der Waals surface area contributed by atoms with E-state index in [2.05, 4.69) is 21.9 Å². The number of nitrogens with zero attached hydrogens (tertiary/aromatic N) is 4. The van der Waals surface area contributed by atoms with Gasteiger partial charge in [-0.2, -0.15) is 4.98 Å². The van der Waals surface area contributed by atoms with E-state index in [4.69, 9.17) is 20.9 Å². The number of fused-ring (bicyclic) bond motifs is 1. The summed E-state index contributed by atoms with van der Waals surface area (Å²) >= 11 is 0. The second-order valence-corrected chi connectivity index (χ2v) is 8.07. The Morgan fingerprint density at radius 1 is 1.19 bits per heavy atom. The zero-order valence-corrected chi connectivity index (χ0v) is 18.6. The van der Waals surface area contributed by atoms with Crippen molar-refractivity contribution >= 4 is 29.1 Å². The van der Waals surface area contributed by atoms with Crippen LogP contribution in [0.4, 0.5) is 5.95 Å². The highest BCUT2D eigenvalue weighted by molar-refractivity contribution is 5.75. The van der Waals surface area contributed by atoms with E-state index in [1.54, 1.807) is 12.5 Å². The smallest absolute Gasteiger partial charge is 0.323 e. The number of hydrogen-bond acceptors (Lipinski definition) is 9. The third-order valence-electron chi connectivity index (χ3n) is 5.06. The van der Waals surface area contributed by atoms with Crippen LogP contribution in [0.1, 0.15) is 52.9 Å². The second kappa shape index (κ2) is 12.2. The quantitative estimate of drug-likeness (QED) is 0.357. The number of unbranched alkanes of at least 4 members (excludes halogenated alkanes) is 2. The molecular weight excluding hydrogens is 400 g/mol. The molecule has 2 aromatic rings. The van der Waals surface area contributed by atoms with Gasteiger partial charge in [0.1, 0.15) is 11.6 Å². The van der Waals surface area contributed by atoms with Crippen LogP contribution in [-0.2, 0) is 25.6 Å². The van der Waals surface area contributed by atoms with Gasteiger partial charge >= 0.3 is 11.9 Å². The van der Waals surface area contributed by atoms with Gasteiger partial charge in [0.25, 0.3) is 0 Å². The van der Waals surface area contributed by atoms with Gasteiger partial charge in [-0.15, -0.1) is 0 Å². The number of aromatic nitrogens is 4. The first-order chi connectivity index (χ1) is 14.8. The molecule has 2 aromatic heterocycles. The van der Waals surface area contributed by atoms with Gasteiger partial charge in [0, 0.05) is 18.9 Å². The van der Waals surface area contributed by atoms with Gasteiger partial charge in [-0.05, 0) is 18.8 Å². The fourth-order valence-electron chi connectivity index (χ4n) is 3.01. The molecule has 4 N–H and O–H groups in total. The van der Waals surface area contributed by atoms with Crippen LogP contribution < -0.4 is 11.5 Å². The van der Waals surface area contributed by atoms with Crippen molar-refractivity contribution in [3.05, 3.63) is 12.5 Å². The number of hydrogen-bond donors (Lipinski definition) is 2. The highest BCUT2D eigenvalue weighted by atomic mass is 16.5. The van der Waals surface area contributed by atoms with Crippen LogP contribution in [0.25, 0.3) is 11.2 Å². The van der Waals surface area contributed by atoms with Crippen molar-refractivity contribution in [1.82, 2.24) is 19.5 Å². The Morgan fingerprint density at radius 3 is 2.68 bits per heavy atom. The Kier molecular flexibility index (Phi) is 9.64. The third-order valence-corrected chi connectivity index (χ3v) is 5.06. The maximum atomic E-state index is 12.2. The fourth-order valence-corrected chi connectivity index (χ4v) is 3.01.